The van der Waals surface area contributed by atoms with Gasteiger partial charge >= 0.3 is 246 Å². The van der Waals surface area contributed by atoms with Gasteiger partial charge < -0.3 is 0 Å². The van der Waals surface area contributed by atoms with Gasteiger partial charge in [0.1, 0.15) is 0 Å². The van der Waals surface area contributed by atoms with Crippen molar-refractivity contribution < 1.29 is 12.4 Å². The molecule has 6 rings (SSSR count). The summed E-state index contributed by atoms with van der Waals surface area (Å²) in [6.07, 6.45) is 9.73. The monoisotopic (exact) mass is 605 g/mol. The Hall–Kier alpha value is -1.61. The molecule has 0 saturated heterocycles. The molecule has 1 atom stereocenters. The second-order valence-electron chi connectivity index (χ2n) is 11.9. The average molecular weight is 607 g/mol. The molecule has 0 aliphatic heterocycles. The summed E-state index contributed by atoms with van der Waals surface area (Å²) in [5, 5.41) is 0. The Labute approximate surface area is 244 Å². The maximum atomic E-state index is 8.43. The number of unbranched alkanes of at least 4 members (excludes halogenated alkanes) is 5. The number of benzene rings is 4. The minimum absolute atomic E-state index is 0.938. The van der Waals surface area contributed by atoms with Crippen LogP contribution < -0.4 is 7.74 Å². The first-order valence-electron chi connectivity index (χ1n) is 14.9. The fourth-order valence-corrected chi connectivity index (χ4v) is 30.1. The van der Waals surface area contributed by atoms with Crippen molar-refractivity contribution in [2.24, 2.45) is 0 Å². The van der Waals surface area contributed by atoms with Gasteiger partial charge in [0.15, 0.2) is 0 Å². The number of halogens is 2. The molecule has 0 aromatic heterocycles. The van der Waals surface area contributed by atoms with Crippen LogP contribution in [0.2, 0.25) is 12.6 Å². The zero-order chi connectivity index (χ0) is 27.1. The van der Waals surface area contributed by atoms with E-state index in [1.165, 1.54) is 96.8 Å². The predicted molar refractivity (Wildman–Crippen MR) is 172 cm³/mol. The van der Waals surface area contributed by atoms with Crippen molar-refractivity contribution >= 4 is 33.0 Å². The van der Waals surface area contributed by atoms with E-state index in [-0.39, 0.29) is 0 Å². The Morgan fingerprint density at radius 1 is 0.590 bits per heavy atom. The normalized spacial score (nSPS) is 15.1. The summed E-state index contributed by atoms with van der Waals surface area (Å²) < 4.78 is 2.64. The number of rotatable bonds is 10. The van der Waals surface area contributed by atoms with Gasteiger partial charge in [0.05, 0.1) is 0 Å². The van der Waals surface area contributed by atoms with Gasteiger partial charge in [0.2, 0.25) is 0 Å². The van der Waals surface area contributed by atoms with E-state index in [0.717, 1.165) is 12.8 Å². The van der Waals surface area contributed by atoms with Crippen LogP contribution in [0.15, 0.2) is 84.9 Å². The standard InChI is InChI=1S/2C13H9.C9H21Si.2ClH.Ti/c2*1-3-7-12-10(5-1)9-11-6-2-4-8-13(11)12;1-3-4-5-6-7-8-9-10-2;;;/h2*1-5,7-8H,9H2;10H,3-9H2,1-2H3;2*1H;/q;;;;;+2/p-2. The Balaban J connectivity index is 1.48. The molecule has 0 amide bonds. The first-order valence-corrected chi connectivity index (χ1v) is 26.0. The van der Waals surface area contributed by atoms with E-state index in [1.807, 2.05) is 0 Å². The molecule has 0 heterocycles. The molecular formula is C35H39Cl2SiTi. The van der Waals surface area contributed by atoms with Crippen molar-refractivity contribution in [1.82, 2.24) is 0 Å². The van der Waals surface area contributed by atoms with Crippen LogP contribution in [0.25, 0.3) is 22.3 Å². The topological polar surface area (TPSA) is 0 Å². The van der Waals surface area contributed by atoms with E-state index in [2.05, 4.69) is 98.4 Å². The second-order valence-corrected chi connectivity index (χ2v) is 39.0. The first kappa shape index (κ1) is 27.6. The van der Waals surface area contributed by atoms with Crippen LogP contribution in [0.3, 0.4) is 0 Å². The molecule has 4 heteroatoms. The van der Waals surface area contributed by atoms with Crippen LogP contribution >= 0.6 is 18.6 Å². The van der Waals surface area contributed by atoms with Crippen molar-refractivity contribution in [2.75, 3.05) is 0 Å². The molecule has 2 aliphatic rings. The molecule has 0 radical (unpaired) electrons. The Morgan fingerprint density at radius 2 is 1.05 bits per heavy atom. The third-order valence-corrected chi connectivity index (χ3v) is 41.7. The fraction of sp³-hybridized carbons (Fsp3) is 0.314. The van der Waals surface area contributed by atoms with E-state index in [9.17, 15) is 0 Å². The number of fused-ring (bicyclic) bond motifs is 6. The van der Waals surface area contributed by atoms with E-state index < -0.39 is 19.1 Å². The van der Waals surface area contributed by atoms with Crippen LogP contribution in [0.4, 0.5) is 0 Å². The van der Waals surface area contributed by atoms with Crippen molar-refractivity contribution in [2.45, 2.75) is 70.9 Å². The average Bonchev–Trinajstić information content (AvgIpc) is 3.53. The van der Waals surface area contributed by atoms with Crippen molar-refractivity contribution in [1.29, 1.82) is 0 Å². The van der Waals surface area contributed by atoms with E-state index in [1.54, 1.807) is 0 Å². The van der Waals surface area contributed by atoms with E-state index in [4.69, 9.17) is 18.6 Å². The molecule has 1 unspecified atom stereocenters. The maximum absolute atomic E-state index is 8.43. The van der Waals surface area contributed by atoms with Gasteiger partial charge in [-0.05, 0) is 0 Å². The predicted octanol–water partition coefficient (Wildman–Crippen LogP) is 9.49. The molecule has 0 fully saturated rings. The van der Waals surface area contributed by atoms with Crippen LogP contribution in [0.5, 0.6) is 0 Å². The molecule has 0 saturated carbocycles. The van der Waals surface area contributed by atoms with Gasteiger partial charge in [0, 0.05) is 0 Å². The summed E-state index contributed by atoms with van der Waals surface area (Å²) in [5.41, 5.74) is 11.0. The van der Waals surface area contributed by atoms with Crippen LogP contribution in [0, 0.1) is 0 Å². The molecule has 201 valence electrons. The summed E-state index contributed by atoms with van der Waals surface area (Å²) in [7, 11) is 16.9. The molecule has 0 nitrogen and oxygen atoms in total. The van der Waals surface area contributed by atoms with Gasteiger partial charge in [-0.15, -0.1) is 0 Å². The van der Waals surface area contributed by atoms with Crippen LogP contribution in [-0.4, -0.2) is 6.66 Å². The Morgan fingerprint density at radius 3 is 1.59 bits per heavy atom. The third-order valence-electron chi connectivity index (χ3n) is 9.55. The molecule has 39 heavy (non-hydrogen) atoms. The Bertz CT molecular complexity index is 1420. The van der Waals surface area contributed by atoms with Crippen LogP contribution in [0.1, 0.15) is 67.7 Å². The Kier molecular flexibility index (Phi) is 7.77. The van der Waals surface area contributed by atoms with Crippen molar-refractivity contribution in [3.63, 3.8) is 0 Å². The summed E-state index contributed by atoms with van der Waals surface area (Å²) in [5.74, 6) is 0. The van der Waals surface area contributed by atoms with Gasteiger partial charge in [-0.2, -0.15) is 0 Å². The summed E-state index contributed by atoms with van der Waals surface area (Å²) in [4.78, 5) is 0. The van der Waals surface area contributed by atoms with Gasteiger partial charge in [-0.3, -0.25) is 0 Å². The molecule has 0 N–H and O–H groups in total. The molecule has 2 aliphatic carbocycles. The second kappa shape index (κ2) is 11.0. The first-order chi connectivity index (χ1) is 18.9. The number of hydrogen-bond acceptors (Lipinski definition) is 0. The van der Waals surface area contributed by atoms with E-state index >= 15 is 0 Å². The van der Waals surface area contributed by atoms with Crippen molar-refractivity contribution in [3.8, 4) is 22.3 Å². The van der Waals surface area contributed by atoms with Gasteiger partial charge in [-0.25, -0.2) is 0 Å². The van der Waals surface area contributed by atoms with E-state index in [0.29, 0.717) is 0 Å². The molecule has 4 aromatic carbocycles. The fourth-order valence-electron chi connectivity index (χ4n) is 7.33. The molecule has 4 aromatic rings. The van der Waals surface area contributed by atoms with Gasteiger partial charge in [0.25, 0.3) is 0 Å². The minimum atomic E-state index is -4.47. The summed E-state index contributed by atoms with van der Waals surface area (Å²) in [6.45, 7) is 3.19. The SMILES string of the molecule is CCCCCCCC[SiH](C)[Ti]([Cl])([Cl])([c]1cccc2c1Cc1ccccc1-2)[c]1cccc2c1Cc1ccccc1-2. The zero-order valence-electron chi connectivity index (χ0n) is 23.3. The molecular weight excluding hydrogens is 567 g/mol. The third kappa shape index (κ3) is 4.63. The van der Waals surface area contributed by atoms with Crippen molar-refractivity contribution in [3.05, 3.63) is 107 Å². The summed E-state index contributed by atoms with van der Waals surface area (Å²) >= 11 is -4.47. The quantitative estimate of drug-likeness (QED) is 0.108. The number of hydrogen-bond donors (Lipinski definition) is 0. The van der Waals surface area contributed by atoms with Gasteiger partial charge in [-0.1, -0.05) is 0 Å². The van der Waals surface area contributed by atoms with Crippen LogP contribution in [-0.2, 0) is 25.3 Å². The molecule has 0 spiro atoms. The zero-order valence-corrected chi connectivity index (χ0v) is 27.5. The summed E-state index contributed by atoms with van der Waals surface area (Å²) in [6, 6.07) is 32.6. The molecule has 0 bridgehead atoms.